The van der Waals surface area contributed by atoms with E-state index in [0.29, 0.717) is 18.0 Å². The van der Waals surface area contributed by atoms with E-state index in [1.165, 1.54) is 12.8 Å². The number of benzene rings is 1. The van der Waals surface area contributed by atoms with E-state index in [0.717, 1.165) is 55.7 Å². The Morgan fingerprint density at radius 2 is 1.72 bits per heavy atom. The Balaban J connectivity index is 2.20. The van der Waals surface area contributed by atoms with E-state index in [1.807, 2.05) is 6.07 Å². The molecule has 0 bridgehead atoms. The summed E-state index contributed by atoms with van der Waals surface area (Å²) in [5, 5.41) is 1.56. The van der Waals surface area contributed by atoms with Crippen LogP contribution in [0.5, 0.6) is 0 Å². The lowest BCUT2D eigenvalue weighted by molar-refractivity contribution is 0.361. The summed E-state index contributed by atoms with van der Waals surface area (Å²) in [5.74, 6) is 0. The number of hydrogen-bond acceptors (Lipinski definition) is 4. The fourth-order valence-electron chi connectivity index (χ4n) is 3.67. The maximum absolute atomic E-state index is 13.6. The SMILES string of the molecule is CCCCCCC(N)CN(CCCCCC)S(=O)(=O)c1cccc2cnccc12. The smallest absolute Gasteiger partial charge is 0.243 e. The van der Waals surface area contributed by atoms with E-state index in [1.54, 1.807) is 34.9 Å². The van der Waals surface area contributed by atoms with Crippen LogP contribution in [0.4, 0.5) is 0 Å². The van der Waals surface area contributed by atoms with Crippen LogP contribution >= 0.6 is 0 Å². The second-order valence-electron chi connectivity index (χ2n) is 7.89. The highest BCUT2D eigenvalue weighted by molar-refractivity contribution is 7.89. The second-order valence-corrected chi connectivity index (χ2v) is 9.79. The predicted molar refractivity (Wildman–Crippen MR) is 121 cm³/mol. The van der Waals surface area contributed by atoms with Crippen LogP contribution in [0, 0.1) is 0 Å². The van der Waals surface area contributed by atoms with E-state index in [-0.39, 0.29) is 6.04 Å². The minimum absolute atomic E-state index is 0.135. The third-order valence-electron chi connectivity index (χ3n) is 5.39. The molecule has 0 fully saturated rings. The van der Waals surface area contributed by atoms with Crippen LogP contribution in [0.1, 0.15) is 71.6 Å². The van der Waals surface area contributed by atoms with Gasteiger partial charge >= 0.3 is 0 Å². The molecule has 2 N–H and O–H groups in total. The van der Waals surface area contributed by atoms with Gasteiger partial charge in [0, 0.05) is 42.3 Å². The molecule has 162 valence electrons. The summed E-state index contributed by atoms with van der Waals surface area (Å²) in [6.45, 7) is 5.24. The molecule has 0 spiro atoms. The van der Waals surface area contributed by atoms with Gasteiger partial charge in [0.05, 0.1) is 4.90 Å². The summed E-state index contributed by atoms with van der Waals surface area (Å²) in [6.07, 6.45) is 13.0. The van der Waals surface area contributed by atoms with Gasteiger partial charge in [-0.2, -0.15) is 4.31 Å². The lowest BCUT2D eigenvalue weighted by atomic mass is 10.1. The molecular formula is C23H37N3O2S. The lowest BCUT2D eigenvalue weighted by Gasteiger charge is -2.26. The summed E-state index contributed by atoms with van der Waals surface area (Å²) >= 11 is 0. The highest BCUT2D eigenvalue weighted by Gasteiger charge is 2.27. The zero-order valence-corrected chi connectivity index (χ0v) is 18.8. The fourth-order valence-corrected chi connectivity index (χ4v) is 5.42. The second kappa shape index (κ2) is 12.3. The van der Waals surface area contributed by atoms with Gasteiger partial charge in [-0.05, 0) is 25.0 Å². The number of unbranched alkanes of at least 4 members (excludes halogenated alkanes) is 6. The third-order valence-corrected chi connectivity index (χ3v) is 7.31. The summed E-state index contributed by atoms with van der Waals surface area (Å²) in [6, 6.07) is 7.03. The number of nitrogens with zero attached hydrogens (tertiary/aromatic N) is 2. The van der Waals surface area contributed by atoms with Crippen molar-refractivity contribution >= 4 is 20.8 Å². The standard InChI is InChI=1S/C23H37N3O2S/c1-3-5-7-9-13-21(24)19-26(17-10-8-6-4-2)29(27,28)23-14-11-12-20-18-25-16-15-22(20)23/h11-12,14-16,18,21H,3-10,13,17,19,24H2,1-2H3. The molecule has 1 aromatic heterocycles. The van der Waals surface area contributed by atoms with Gasteiger partial charge in [0.1, 0.15) is 0 Å². The molecule has 29 heavy (non-hydrogen) atoms. The molecule has 0 saturated heterocycles. The number of nitrogens with two attached hydrogens (primary N) is 1. The Bertz CT molecular complexity index is 834. The van der Waals surface area contributed by atoms with Crippen molar-refractivity contribution in [2.24, 2.45) is 5.73 Å². The van der Waals surface area contributed by atoms with E-state index in [2.05, 4.69) is 18.8 Å². The first-order chi connectivity index (χ1) is 14.0. The molecule has 0 aliphatic heterocycles. The largest absolute Gasteiger partial charge is 0.327 e. The zero-order chi connectivity index (χ0) is 21.1. The Kier molecular flexibility index (Phi) is 10.0. The Hall–Kier alpha value is -1.50. The Labute approximate surface area is 176 Å². The minimum atomic E-state index is -3.62. The normalized spacial score (nSPS) is 13.2. The average molecular weight is 420 g/mol. The minimum Gasteiger partial charge on any atom is -0.327 e. The monoisotopic (exact) mass is 419 g/mol. The maximum Gasteiger partial charge on any atom is 0.243 e. The molecule has 2 rings (SSSR count). The first kappa shape index (κ1) is 23.8. The molecule has 0 aliphatic carbocycles. The average Bonchev–Trinajstić information content (AvgIpc) is 2.73. The van der Waals surface area contributed by atoms with Crippen LogP contribution in [0.15, 0.2) is 41.6 Å². The molecule has 5 nitrogen and oxygen atoms in total. The van der Waals surface area contributed by atoms with Crippen molar-refractivity contribution in [3.05, 3.63) is 36.7 Å². The first-order valence-electron chi connectivity index (χ1n) is 11.1. The Morgan fingerprint density at radius 3 is 2.45 bits per heavy atom. The molecular weight excluding hydrogens is 382 g/mol. The van der Waals surface area contributed by atoms with E-state index in [4.69, 9.17) is 5.73 Å². The van der Waals surface area contributed by atoms with Crippen LogP contribution < -0.4 is 5.73 Å². The van der Waals surface area contributed by atoms with Gasteiger partial charge in [-0.1, -0.05) is 70.9 Å². The molecule has 0 saturated carbocycles. The van der Waals surface area contributed by atoms with Crippen molar-refractivity contribution in [1.82, 2.24) is 9.29 Å². The zero-order valence-electron chi connectivity index (χ0n) is 18.0. The van der Waals surface area contributed by atoms with Gasteiger partial charge in [0.2, 0.25) is 10.0 Å². The van der Waals surface area contributed by atoms with Gasteiger partial charge in [0.15, 0.2) is 0 Å². The van der Waals surface area contributed by atoms with Gasteiger partial charge in [0.25, 0.3) is 0 Å². The lowest BCUT2D eigenvalue weighted by Crippen LogP contribution is -2.41. The van der Waals surface area contributed by atoms with Gasteiger partial charge < -0.3 is 5.73 Å². The number of hydrogen-bond donors (Lipinski definition) is 1. The van der Waals surface area contributed by atoms with Crippen LogP contribution in [0.25, 0.3) is 10.8 Å². The van der Waals surface area contributed by atoms with Crippen molar-refractivity contribution < 1.29 is 8.42 Å². The number of rotatable bonds is 14. The molecule has 1 aromatic carbocycles. The molecule has 2 aromatic rings. The first-order valence-corrected chi connectivity index (χ1v) is 12.5. The Morgan fingerprint density at radius 1 is 1.00 bits per heavy atom. The molecule has 1 unspecified atom stereocenters. The van der Waals surface area contributed by atoms with Crippen molar-refractivity contribution in [1.29, 1.82) is 0 Å². The third kappa shape index (κ3) is 7.05. The number of aromatic nitrogens is 1. The van der Waals surface area contributed by atoms with Gasteiger partial charge in [-0.15, -0.1) is 0 Å². The van der Waals surface area contributed by atoms with Crippen molar-refractivity contribution in [3.63, 3.8) is 0 Å². The van der Waals surface area contributed by atoms with Crippen LogP contribution in [-0.4, -0.2) is 36.8 Å². The predicted octanol–water partition coefficient (Wildman–Crippen LogP) is 5.10. The van der Waals surface area contributed by atoms with Gasteiger partial charge in [-0.25, -0.2) is 8.42 Å². The topological polar surface area (TPSA) is 76.3 Å². The van der Waals surface area contributed by atoms with E-state index < -0.39 is 10.0 Å². The highest BCUT2D eigenvalue weighted by atomic mass is 32.2. The van der Waals surface area contributed by atoms with E-state index >= 15 is 0 Å². The van der Waals surface area contributed by atoms with E-state index in [9.17, 15) is 8.42 Å². The van der Waals surface area contributed by atoms with Crippen LogP contribution in [0.3, 0.4) is 0 Å². The van der Waals surface area contributed by atoms with Crippen molar-refractivity contribution in [2.75, 3.05) is 13.1 Å². The summed E-state index contributed by atoms with van der Waals surface area (Å²) in [4.78, 5) is 4.47. The van der Waals surface area contributed by atoms with Crippen LogP contribution in [0.2, 0.25) is 0 Å². The highest BCUT2D eigenvalue weighted by Crippen LogP contribution is 2.26. The quantitative estimate of drug-likeness (QED) is 0.432. The molecule has 0 radical (unpaired) electrons. The van der Waals surface area contributed by atoms with Crippen LogP contribution in [-0.2, 0) is 10.0 Å². The van der Waals surface area contributed by atoms with Crippen molar-refractivity contribution in [2.45, 2.75) is 82.6 Å². The van der Waals surface area contributed by atoms with Gasteiger partial charge in [-0.3, -0.25) is 4.98 Å². The molecule has 0 aliphatic rings. The number of pyridine rings is 1. The molecule has 1 heterocycles. The maximum atomic E-state index is 13.6. The van der Waals surface area contributed by atoms with Crippen molar-refractivity contribution in [3.8, 4) is 0 Å². The summed E-state index contributed by atoms with van der Waals surface area (Å²) in [7, 11) is -3.62. The molecule has 6 heteroatoms. The molecule has 0 amide bonds. The molecule has 1 atom stereocenters. The fraction of sp³-hybridized carbons (Fsp3) is 0.609. The number of sulfonamides is 1. The summed E-state index contributed by atoms with van der Waals surface area (Å²) in [5.41, 5.74) is 6.36. The summed E-state index contributed by atoms with van der Waals surface area (Å²) < 4.78 is 28.8. The number of fused-ring (bicyclic) bond motifs is 1.